The average Bonchev–Trinajstić information content (AvgIpc) is 0.793. The molecule has 15 nitrogen and oxygen atoms in total. The Hall–Kier alpha value is -9.43. The van der Waals surface area contributed by atoms with Crippen molar-refractivity contribution in [3.63, 3.8) is 0 Å². The third kappa shape index (κ3) is 29.9. The second-order valence-electron chi connectivity index (χ2n) is 37.1. The SMILES string of the molecule is CC(C)(C)NCc1cc(-c2ccc(S(C)(=O)=O)cc2)cc(-c2ccc(C(F)(F)F)nc2)c1O.CC(C)(C)NCc1cc(C(C)(C)C)cc(-c2ccc(C(F)(F)F)nn2)c1O.CC(C)(C)c1cc(CN(CC2CCCCC2)C(C)(C)C)c(O)c(-c2ccc(C(F)(F)F)nc2)c1.CC(C)(C)c1cc(CNCCC(F)(F)F)c(O)c(-c2ccc(C(F)(F)F)nc2)c1. The van der Waals surface area contributed by atoms with Gasteiger partial charge in [0, 0.05) is 142 Å². The van der Waals surface area contributed by atoms with E-state index < -0.39 is 69.9 Å². The number of halogens is 15. The summed E-state index contributed by atoms with van der Waals surface area (Å²) in [6.07, 6.45) is -12.7. The smallest absolute Gasteiger partial charge is 0.435 e. The van der Waals surface area contributed by atoms with E-state index >= 15 is 0 Å². The van der Waals surface area contributed by atoms with Crippen molar-refractivity contribution in [2.45, 2.75) is 258 Å². The van der Waals surface area contributed by atoms with Gasteiger partial charge >= 0.3 is 30.9 Å². The summed E-state index contributed by atoms with van der Waals surface area (Å²) in [4.78, 5) is 13.1. The lowest BCUT2D eigenvalue weighted by Crippen LogP contribution is -2.44. The summed E-state index contributed by atoms with van der Waals surface area (Å²) in [5, 5.41) is 59.8. The molecule has 0 radical (unpaired) electrons. The summed E-state index contributed by atoms with van der Waals surface area (Å²) >= 11 is 0. The molecule has 672 valence electrons. The molecular weight excluding hydrogens is 1640 g/mol. The molecule has 123 heavy (non-hydrogen) atoms. The van der Waals surface area contributed by atoms with Gasteiger partial charge < -0.3 is 36.4 Å². The Morgan fingerprint density at radius 2 is 0.756 bits per heavy atom. The quantitative estimate of drug-likeness (QED) is 0.0314. The van der Waals surface area contributed by atoms with Crippen molar-refractivity contribution in [3.8, 4) is 78.8 Å². The van der Waals surface area contributed by atoms with Crippen LogP contribution >= 0.6 is 0 Å². The van der Waals surface area contributed by atoms with E-state index in [1.54, 1.807) is 42.5 Å². The Labute approximate surface area is 710 Å². The highest BCUT2D eigenvalue weighted by atomic mass is 32.2. The van der Waals surface area contributed by atoms with Gasteiger partial charge in [-0.25, -0.2) is 8.42 Å². The second-order valence-corrected chi connectivity index (χ2v) is 39.1. The van der Waals surface area contributed by atoms with Crippen molar-refractivity contribution in [1.82, 2.24) is 46.0 Å². The van der Waals surface area contributed by atoms with Crippen LogP contribution in [0, 0.1) is 5.92 Å². The maximum absolute atomic E-state index is 13.0. The van der Waals surface area contributed by atoms with Gasteiger partial charge in [-0.15, -0.1) is 10.2 Å². The maximum atomic E-state index is 13.0. The molecule has 0 unspecified atom stereocenters. The van der Waals surface area contributed by atoms with E-state index in [1.165, 1.54) is 74.7 Å². The van der Waals surface area contributed by atoms with Gasteiger partial charge in [0.1, 0.15) is 40.1 Å². The molecule has 1 aliphatic rings. The number of hydrogen-bond acceptors (Lipinski definition) is 15. The molecule has 1 saturated carbocycles. The average molecular weight is 1760 g/mol. The first kappa shape index (κ1) is 101. The number of nitrogens with one attached hydrogen (secondary N) is 3. The summed E-state index contributed by atoms with van der Waals surface area (Å²) in [5.74, 6) is 0.490. The van der Waals surface area contributed by atoms with E-state index in [2.05, 4.69) is 93.6 Å². The first-order valence-corrected chi connectivity index (χ1v) is 41.9. The Kier molecular flexibility index (Phi) is 31.9. The van der Waals surface area contributed by atoms with Crippen LogP contribution in [0.3, 0.4) is 0 Å². The zero-order valence-electron chi connectivity index (χ0n) is 72.7. The van der Waals surface area contributed by atoms with Crippen LogP contribution in [0.5, 0.6) is 23.0 Å². The number of hydrogen-bond donors (Lipinski definition) is 7. The maximum Gasteiger partial charge on any atom is 0.435 e. The van der Waals surface area contributed by atoms with Crippen LogP contribution in [0.25, 0.3) is 55.8 Å². The fourth-order valence-corrected chi connectivity index (χ4v) is 13.6. The standard InChI is InChI=1S/C28H39F3N2O.C24H25F3N2O3S.C20H22F6N2O.C20H26F3N3O/c1-26(2,3)22-14-21(18-33(27(4,5)6)17-19-10-8-7-9-11-19)25(34)23(15-22)20-12-13-24(32-16-20)28(29,30)31;1-23(2,3)29-14-18-11-17(15-5-8-19(9-6-15)33(4,31)32)12-20(22(18)30)16-7-10-21(28-13-16)24(25,26)27;1-18(2,3)14-8-13(10-27-7-6-19(21,22)23)17(29)15(9-14)12-4-5-16(28-11-12)20(24,25)26;1-18(2,3)13-9-12(11-24-19(4,5)6)17(27)14(10-13)15-7-8-16(26-25-15)20(21,22)23/h12-16,19,34H,7-11,17-18H2,1-6H3;5-13,29-30H,14H2,1-4H3;4-5,8-9,11,27,29H,6-7,10H2,1-3H3;7-10,24,27H,11H2,1-6H3. The number of benzene rings is 5. The first-order valence-electron chi connectivity index (χ1n) is 40.0. The highest BCUT2D eigenvalue weighted by Crippen LogP contribution is 2.45. The van der Waals surface area contributed by atoms with Crippen LogP contribution in [-0.2, 0) is 77.0 Å². The fourth-order valence-electron chi connectivity index (χ4n) is 12.9. The van der Waals surface area contributed by atoms with Crippen molar-refractivity contribution in [2.24, 2.45) is 5.92 Å². The van der Waals surface area contributed by atoms with E-state index in [9.17, 15) is 94.7 Å². The summed E-state index contributed by atoms with van der Waals surface area (Å²) in [6.45, 7) is 38.6. The number of rotatable bonds is 18. The Morgan fingerprint density at radius 1 is 0.398 bits per heavy atom. The van der Waals surface area contributed by atoms with Gasteiger partial charge in [0.15, 0.2) is 15.5 Å². The van der Waals surface area contributed by atoms with Crippen LogP contribution in [0.1, 0.15) is 225 Å². The third-order valence-corrected chi connectivity index (χ3v) is 21.5. The number of pyridine rings is 3. The molecule has 4 aromatic heterocycles. The zero-order chi connectivity index (χ0) is 92.6. The molecule has 0 amide bonds. The monoisotopic (exact) mass is 1760 g/mol. The minimum atomic E-state index is -4.58. The summed E-state index contributed by atoms with van der Waals surface area (Å²) in [5.41, 5.74) is 3.94. The van der Waals surface area contributed by atoms with Gasteiger partial charge in [0.2, 0.25) is 0 Å². The molecule has 1 aliphatic carbocycles. The first-order chi connectivity index (χ1) is 56.2. The van der Waals surface area contributed by atoms with Crippen LogP contribution in [0.4, 0.5) is 65.9 Å². The molecule has 9 aromatic rings. The largest absolute Gasteiger partial charge is 0.507 e. The number of aromatic hydroxyl groups is 4. The predicted molar refractivity (Wildman–Crippen MR) is 450 cm³/mol. The highest BCUT2D eigenvalue weighted by Gasteiger charge is 2.38. The number of phenolic OH excluding ortho intramolecular Hbond substituents is 4. The van der Waals surface area contributed by atoms with Crippen LogP contribution in [0.2, 0.25) is 0 Å². The van der Waals surface area contributed by atoms with Gasteiger partial charge in [0.05, 0.1) is 17.0 Å². The molecule has 0 saturated heterocycles. The van der Waals surface area contributed by atoms with Crippen molar-refractivity contribution >= 4 is 9.84 Å². The van der Waals surface area contributed by atoms with Gasteiger partial charge in [-0.1, -0.05) is 130 Å². The van der Waals surface area contributed by atoms with Crippen LogP contribution < -0.4 is 16.0 Å². The predicted octanol–water partition coefficient (Wildman–Crippen LogP) is 24.2. The lowest BCUT2D eigenvalue weighted by Gasteiger charge is -2.39. The van der Waals surface area contributed by atoms with E-state index in [4.69, 9.17) is 0 Å². The lowest BCUT2D eigenvalue weighted by molar-refractivity contribution is -0.142. The molecule has 4 heterocycles. The molecule has 31 heteroatoms. The molecule has 7 N–H and O–H groups in total. The van der Waals surface area contributed by atoms with Gasteiger partial charge in [-0.05, 0) is 198 Å². The molecule has 0 spiro atoms. The van der Waals surface area contributed by atoms with Gasteiger partial charge in [0.25, 0.3) is 0 Å². The molecule has 0 bridgehead atoms. The molecule has 0 aliphatic heterocycles. The number of sulfone groups is 1. The minimum absolute atomic E-state index is 0.00573. The van der Waals surface area contributed by atoms with Crippen molar-refractivity contribution in [1.29, 1.82) is 0 Å². The normalized spacial score (nSPS) is 13.8. The number of nitrogens with zero attached hydrogens (tertiary/aromatic N) is 6. The number of alkyl halides is 15. The summed E-state index contributed by atoms with van der Waals surface area (Å²) in [6, 6.07) is 29.3. The van der Waals surface area contributed by atoms with Gasteiger partial charge in [-0.2, -0.15) is 65.9 Å². The second kappa shape index (κ2) is 39.0. The zero-order valence-corrected chi connectivity index (χ0v) is 73.5. The topological polar surface area (TPSA) is 219 Å². The minimum Gasteiger partial charge on any atom is -0.507 e. The van der Waals surface area contributed by atoms with Crippen molar-refractivity contribution in [3.05, 3.63) is 202 Å². The summed E-state index contributed by atoms with van der Waals surface area (Å²) in [7, 11) is -3.36. The number of phenols is 4. The van der Waals surface area contributed by atoms with E-state index in [-0.39, 0.29) is 90.7 Å². The van der Waals surface area contributed by atoms with Crippen LogP contribution in [0.15, 0.2) is 145 Å². The summed E-state index contributed by atoms with van der Waals surface area (Å²) < 4.78 is 215. The van der Waals surface area contributed by atoms with E-state index in [0.717, 1.165) is 71.7 Å². The molecule has 1 fully saturated rings. The van der Waals surface area contributed by atoms with Gasteiger partial charge in [-0.3, -0.25) is 19.9 Å². The number of aromatic nitrogens is 5. The van der Waals surface area contributed by atoms with Crippen molar-refractivity contribution < 1.29 is 94.7 Å². The molecule has 10 rings (SSSR count). The Balaban J connectivity index is 0.000000226. The highest BCUT2D eigenvalue weighted by molar-refractivity contribution is 7.90. The third-order valence-electron chi connectivity index (χ3n) is 20.3. The Morgan fingerprint density at radius 3 is 1.11 bits per heavy atom. The molecular formula is C92H112F15N9O6S. The van der Waals surface area contributed by atoms with E-state index in [1.807, 2.05) is 95.2 Å². The molecule has 5 aromatic carbocycles. The van der Waals surface area contributed by atoms with E-state index in [0.29, 0.717) is 81.2 Å². The Bertz CT molecular complexity index is 5130. The fraction of sp³-hybridized carbons (Fsp3) is 0.467. The van der Waals surface area contributed by atoms with Crippen LogP contribution in [-0.4, -0.2) is 101 Å². The van der Waals surface area contributed by atoms with Crippen molar-refractivity contribution in [2.75, 3.05) is 19.3 Å². The molecule has 0 atom stereocenters. The lowest BCUT2D eigenvalue weighted by atomic mass is 9.83.